The summed E-state index contributed by atoms with van der Waals surface area (Å²) in [5, 5.41) is 3.86. The molecule has 2 atom stereocenters. The molecule has 1 N–H and O–H groups in total. The van der Waals surface area contributed by atoms with E-state index in [1.807, 2.05) is 36.0 Å². The molecule has 0 heterocycles. The SMILES string of the molecule is COCc1cccc(C(=O)N[C@@H]2CCC[C@@H](SC)C2)c1. The summed E-state index contributed by atoms with van der Waals surface area (Å²) in [7, 11) is 1.66. The number of hydrogen-bond acceptors (Lipinski definition) is 3. The van der Waals surface area contributed by atoms with Crippen LogP contribution in [0.1, 0.15) is 41.6 Å². The second kappa shape index (κ2) is 7.70. The van der Waals surface area contributed by atoms with Crippen molar-refractivity contribution in [3.8, 4) is 0 Å². The number of carbonyl (C=O) groups excluding carboxylic acids is 1. The van der Waals surface area contributed by atoms with Gasteiger partial charge in [-0.3, -0.25) is 4.79 Å². The molecule has 110 valence electrons. The van der Waals surface area contributed by atoms with Crippen molar-refractivity contribution < 1.29 is 9.53 Å². The smallest absolute Gasteiger partial charge is 0.251 e. The Bertz CT molecular complexity index is 450. The molecule has 2 rings (SSSR count). The summed E-state index contributed by atoms with van der Waals surface area (Å²) in [6.07, 6.45) is 6.82. The number of benzene rings is 1. The molecule has 1 aliphatic rings. The number of methoxy groups -OCH3 is 1. The number of hydrogen-bond donors (Lipinski definition) is 1. The summed E-state index contributed by atoms with van der Waals surface area (Å²) < 4.78 is 5.11. The van der Waals surface area contributed by atoms with Crippen molar-refractivity contribution in [2.24, 2.45) is 0 Å². The minimum Gasteiger partial charge on any atom is -0.380 e. The Morgan fingerprint density at radius 2 is 2.30 bits per heavy atom. The van der Waals surface area contributed by atoms with Crippen LogP contribution in [0.25, 0.3) is 0 Å². The van der Waals surface area contributed by atoms with Crippen LogP contribution in [0.5, 0.6) is 0 Å². The molecule has 4 heteroatoms. The van der Waals surface area contributed by atoms with Gasteiger partial charge in [0.05, 0.1) is 6.61 Å². The molecule has 1 saturated carbocycles. The van der Waals surface area contributed by atoms with Crippen molar-refractivity contribution in [3.05, 3.63) is 35.4 Å². The quantitative estimate of drug-likeness (QED) is 0.905. The average molecular weight is 293 g/mol. The van der Waals surface area contributed by atoms with E-state index in [4.69, 9.17) is 4.74 Å². The molecule has 0 saturated heterocycles. The van der Waals surface area contributed by atoms with E-state index in [9.17, 15) is 4.79 Å². The molecular weight excluding hydrogens is 270 g/mol. The van der Waals surface area contributed by atoms with Crippen molar-refractivity contribution in [1.82, 2.24) is 5.32 Å². The Hall–Kier alpha value is -1.00. The number of thioether (sulfide) groups is 1. The predicted octanol–water partition coefficient (Wildman–Crippen LogP) is 3.24. The molecule has 20 heavy (non-hydrogen) atoms. The third-order valence-corrected chi connectivity index (χ3v) is 4.89. The van der Waals surface area contributed by atoms with Gasteiger partial charge in [0.15, 0.2) is 0 Å². The van der Waals surface area contributed by atoms with E-state index < -0.39 is 0 Å². The second-order valence-electron chi connectivity index (χ2n) is 5.33. The van der Waals surface area contributed by atoms with E-state index in [1.165, 1.54) is 12.8 Å². The van der Waals surface area contributed by atoms with Crippen LogP contribution in [0.4, 0.5) is 0 Å². The van der Waals surface area contributed by atoms with Crippen LogP contribution in [-0.4, -0.2) is 30.6 Å². The minimum atomic E-state index is 0.0368. The van der Waals surface area contributed by atoms with Gasteiger partial charge in [-0.2, -0.15) is 11.8 Å². The predicted molar refractivity (Wildman–Crippen MR) is 84.2 cm³/mol. The van der Waals surface area contributed by atoms with Crippen LogP contribution < -0.4 is 5.32 Å². The van der Waals surface area contributed by atoms with Crippen LogP contribution in [0, 0.1) is 0 Å². The lowest BCUT2D eigenvalue weighted by Gasteiger charge is -2.28. The molecule has 0 unspecified atom stereocenters. The molecular formula is C16H23NO2S. The summed E-state index contributed by atoms with van der Waals surface area (Å²) in [6.45, 7) is 0.541. The molecule has 3 nitrogen and oxygen atoms in total. The maximum Gasteiger partial charge on any atom is 0.251 e. The molecule has 0 aromatic heterocycles. The third kappa shape index (κ3) is 4.25. The highest BCUT2D eigenvalue weighted by atomic mass is 32.2. The van der Waals surface area contributed by atoms with Crippen molar-refractivity contribution in [3.63, 3.8) is 0 Å². The molecule has 1 fully saturated rings. The summed E-state index contributed by atoms with van der Waals surface area (Å²) in [5.41, 5.74) is 1.76. The van der Waals surface area contributed by atoms with Gasteiger partial charge < -0.3 is 10.1 Å². The van der Waals surface area contributed by atoms with E-state index in [0.717, 1.165) is 24.0 Å². The highest BCUT2D eigenvalue weighted by Crippen LogP contribution is 2.27. The number of carbonyl (C=O) groups is 1. The fourth-order valence-electron chi connectivity index (χ4n) is 2.73. The molecule has 1 aliphatic carbocycles. The topological polar surface area (TPSA) is 38.3 Å². The highest BCUT2D eigenvalue weighted by molar-refractivity contribution is 7.99. The normalized spacial score (nSPS) is 22.5. The Kier molecular flexibility index (Phi) is 5.92. The van der Waals surface area contributed by atoms with Gasteiger partial charge >= 0.3 is 0 Å². The molecule has 1 amide bonds. The van der Waals surface area contributed by atoms with Gasteiger partial charge in [-0.05, 0) is 43.2 Å². The standard InChI is InChI=1S/C16H23NO2S/c1-19-11-12-5-3-6-13(9-12)16(18)17-14-7-4-8-15(10-14)20-2/h3,5-6,9,14-15H,4,7-8,10-11H2,1-2H3,(H,17,18)/t14-,15-/m1/s1. The Morgan fingerprint density at radius 3 is 3.05 bits per heavy atom. The lowest BCUT2D eigenvalue weighted by molar-refractivity contribution is 0.0928. The largest absolute Gasteiger partial charge is 0.380 e. The van der Waals surface area contributed by atoms with Gasteiger partial charge in [0.2, 0.25) is 0 Å². The average Bonchev–Trinajstić information content (AvgIpc) is 2.48. The summed E-state index contributed by atoms with van der Waals surface area (Å²) >= 11 is 1.91. The molecule has 0 bridgehead atoms. The fraction of sp³-hybridized carbons (Fsp3) is 0.562. The summed E-state index contributed by atoms with van der Waals surface area (Å²) in [5.74, 6) is 0.0368. The van der Waals surface area contributed by atoms with E-state index in [2.05, 4.69) is 11.6 Å². The van der Waals surface area contributed by atoms with Crippen LogP contribution in [-0.2, 0) is 11.3 Å². The van der Waals surface area contributed by atoms with Gasteiger partial charge in [0.1, 0.15) is 0 Å². The monoisotopic (exact) mass is 293 g/mol. The Morgan fingerprint density at radius 1 is 1.45 bits per heavy atom. The zero-order chi connectivity index (χ0) is 14.4. The summed E-state index contributed by atoms with van der Waals surface area (Å²) in [6, 6.07) is 7.98. The van der Waals surface area contributed by atoms with Gasteiger partial charge in [-0.25, -0.2) is 0 Å². The first-order chi connectivity index (χ1) is 9.72. The number of rotatable bonds is 5. The zero-order valence-corrected chi connectivity index (χ0v) is 13.0. The minimum absolute atomic E-state index is 0.0368. The molecule has 0 aliphatic heterocycles. The Labute approximate surface area is 125 Å². The first kappa shape index (κ1) is 15.4. The first-order valence-corrected chi connectivity index (χ1v) is 8.43. The van der Waals surface area contributed by atoms with Gasteiger partial charge in [-0.1, -0.05) is 18.6 Å². The van der Waals surface area contributed by atoms with Crippen molar-refractivity contribution in [2.75, 3.05) is 13.4 Å². The van der Waals surface area contributed by atoms with E-state index in [-0.39, 0.29) is 5.91 Å². The number of amides is 1. The molecule has 0 spiro atoms. The van der Waals surface area contributed by atoms with E-state index in [0.29, 0.717) is 17.9 Å². The van der Waals surface area contributed by atoms with Gasteiger partial charge in [-0.15, -0.1) is 0 Å². The second-order valence-corrected chi connectivity index (χ2v) is 6.47. The van der Waals surface area contributed by atoms with Crippen molar-refractivity contribution in [2.45, 2.75) is 43.6 Å². The zero-order valence-electron chi connectivity index (χ0n) is 12.2. The molecule has 0 radical (unpaired) electrons. The number of ether oxygens (including phenoxy) is 1. The van der Waals surface area contributed by atoms with Crippen molar-refractivity contribution in [1.29, 1.82) is 0 Å². The van der Waals surface area contributed by atoms with Gasteiger partial charge in [0, 0.05) is 24.0 Å². The van der Waals surface area contributed by atoms with Crippen LogP contribution in [0.2, 0.25) is 0 Å². The fourth-order valence-corrected chi connectivity index (χ4v) is 3.56. The molecule has 1 aromatic rings. The maximum absolute atomic E-state index is 12.3. The van der Waals surface area contributed by atoms with Crippen molar-refractivity contribution >= 4 is 17.7 Å². The lowest BCUT2D eigenvalue weighted by atomic mass is 9.94. The van der Waals surface area contributed by atoms with E-state index >= 15 is 0 Å². The highest BCUT2D eigenvalue weighted by Gasteiger charge is 2.22. The van der Waals surface area contributed by atoms with Crippen LogP contribution in [0.3, 0.4) is 0 Å². The van der Waals surface area contributed by atoms with Crippen LogP contribution >= 0.6 is 11.8 Å². The molecule has 1 aromatic carbocycles. The maximum atomic E-state index is 12.3. The van der Waals surface area contributed by atoms with E-state index in [1.54, 1.807) is 7.11 Å². The van der Waals surface area contributed by atoms with Crippen LogP contribution in [0.15, 0.2) is 24.3 Å². The first-order valence-electron chi connectivity index (χ1n) is 7.14. The summed E-state index contributed by atoms with van der Waals surface area (Å²) in [4.78, 5) is 12.3. The third-order valence-electron chi connectivity index (χ3n) is 3.79. The van der Waals surface area contributed by atoms with Gasteiger partial charge in [0.25, 0.3) is 5.91 Å². The Balaban J connectivity index is 1.95. The lowest BCUT2D eigenvalue weighted by Crippen LogP contribution is -2.39. The number of nitrogens with one attached hydrogen (secondary N) is 1.